The van der Waals surface area contributed by atoms with E-state index >= 15 is 0 Å². The van der Waals surface area contributed by atoms with E-state index in [4.69, 9.17) is 4.74 Å². The highest BCUT2D eigenvalue weighted by Gasteiger charge is 2.10. The van der Waals surface area contributed by atoms with Gasteiger partial charge in [-0.25, -0.2) is 0 Å². The fourth-order valence-electron chi connectivity index (χ4n) is 2.35. The lowest BCUT2D eigenvalue weighted by Gasteiger charge is -2.18. The molecule has 0 saturated heterocycles. The molecule has 114 valence electrons. The molecule has 2 heteroatoms. The first kappa shape index (κ1) is 17.2. The maximum Gasteiger partial charge on any atom is 0.0949 e. The molecule has 0 aliphatic carbocycles. The maximum atomic E-state index is 6.05. The van der Waals surface area contributed by atoms with Crippen molar-refractivity contribution in [3.05, 3.63) is 35.4 Å². The lowest BCUT2D eigenvalue weighted by molar-refractivity contribution is 0.0511. The fourth-order valence-corrected chi connectivity index (χ4v) is 2.35. The first-order valence-electron chi connectivity index (χ1n) is 8.10. The average Bonchev–Trinajstić information content (AvgIpc) is 2.46. The Morgan fingerprint density at radius 3 is 2.30 bits per heavy atom. The summed E-state index contributed by atoms with van der Waals surface area (Å²) in [7, 11) is 1.98. The van der Waals surface area contributed by atoms with Gasteiger partial charge in [0.15, 0.2) is 0 Å². The van der Waals surface area contributed by atoms with E-state index in [1.807, 2.05) is 7.05 Å². The largest absolute Gasteiger partial charge is 0.372 e. The van der Waals surface area contributed by atoms with E-state index in [-0.39, 0.29) is 6.10 Å². The third-order valence-electron chi connectivity index (χ3n) is 3.66. The SMILES string of the molecule is CCCCCCCCOC(CNC)c1ccc(C)cc1. The molecule has 2 nitrogen and oxygen atoms in total. The van der Waals surface area contributed by atoms with Crippen LogP contribution in [-0.4, -0.2) is 20.2 Å². The molecule has 1 aromatic carbocycles. The number of rotatable bonds is 11. The van der Waals surface area contributed by atoms with Crippen LogP contribution in [0.2, 0.25) is 0 Å². The predicted octanol–water partition coefficient (Wildman–Crippen LogP) is 4.63. The van der Waals surface area contributed by atoms with Gasteiger partial charge in [0.05, 0.1) is 6.10 Å². The molecule has 0 aromatic heterocycles. The van der Waals surface area contributed by atoms with Gasteiger partial charge in [0.25, 0.3) is 0 Å². The molecule has 1 rings (SSSR count). The van der Waals surface area contributed by atoms with Crippen LogP contribution >= 0.6 is 0 Å². The van der Waals surface area contributed by atoms with E-state index in [9.17, 15) is 0 Å². The Morgan fingerprint density at radius 2 is 1.65 bits per heavy atom. The van der Waals surface area contributed by atoms with Crippen LogP contribution in [0.3, 0.4) is 0 Å². The highest BCUT2D eigenvalue weighted by molar-refractivity contribution is 5.23. The summed E-state index contributed by atoms with van der Waals surface area (Å²) in [5, 5.41) is 3.22. The van der Waals surface area contributed by atoms with Crippen LogP contribution in [0.4, 0.5) is 0 Å². The number of nitrogens with one attached hydrogen (secondary N) is 1. The molecular formula is C18H31NO. The van der Waals surface area contributed by atoms with Crippen molar-refractivity contribution in [3.8, 4) is 0 Å². The molecule has 0 bridgehead atoms. The monoisotopic (exact) mass is 277 g/mol. The van der Waals surface area contributed by atoms with Crippen LogP contribution in [0, 0.1) is 6.92 Å². The van der Waals surface area contributed by atoms with Crippen LogP contribution in [-0.2, 0) is 4.74 Å². The Labute approximate surface area is 124 Å². The van der Waals surface area contributed by atoms with Crippen LogP contribution < -0.4 is 5.32 Å². The van der Waals surface area contributed by atoms with Crippen LogP contribution in [0.1, 0.15) is 62.7 Å². The van der Waals surface area contributed by atoms with Gasteiger partial charge >= 0.3 is 0 Å². The predicted molar refractivity (Wildman–Crippen MR) is 87.2 cm³/mol. The summed E-state index contributed by atoms with van der Waals surface area (Å²) in [6.07, 6.45) is 8.04. The molecular weight excluding hydrogens is 246 g/mol. The number of unbranched alkanes of at least 4 members (excludes halogenated alkanes) is 5. The Hall–Kier alpha value is -0.860. The molecule has 1 unspecified atom stereocenters. The number of hydrogen-bond acceptors (Lipinski definition) is 2. The highest BCUT2D eigenvalue weighted by Crippen LogP contribution is 2.18. The lowest BCUT2D eigenvalue weighted by atomic mass is 10.1. The Bertz CT molecular complexity index is 334. The second-order valence-corrected chi connectivity index (χ2v) is 5.60. The molecule has 0 spiro atoms. The molecule has 0 aliphatic heterocycles. The van der Waals surface area contributed by atoms with Crippen molar-refractivity contribution in [1.82, 2.24) is 5.32 Å². The normalized spacial score (nSPS) is 12.6. The first-order chi connectivity index (χ1) is 9.77. The van der Waals surface area contributed by atoms with Crippen molar-refractivity contribution < 1.29 is 4.74 Å². The van der Waals surface area contributed by atoms with Crippen molar-refractivity contribution >= 4 is 0 Å². The van der Waals surface area contributed by atoms with Crippen molar-refractivity contribution in [3.63, 3.8) is 0 Å². The molecule has 0 aliphatic rings. The van der Waals surface area contributed by atoms with Crippen molar-refractivity contribution in [1.29, 1.82) is 0 Å². The minimum Gasteiger partial charge on any atom is -0.372 e. The number of benzene rings is 1. The molecule has 0 fully saturated rings. The quantitative estimate of drug-likeness (QED) is 0.595. The molecule has 0 heterocycles. The second-order valence-electron chi connectivity index (χ2n) is 5.60. The molecule has 1 atom stereocenters. The Kier molecular flexibility index (Phi) is 9.35. The minimum atomic E-state index is 0.177. The van der Waals surface area contributed by atoms with Gasteiger partial charge in [0.2, 0.25) is 0 Å². The van der Waals surface area contributed by atoms with Gasteiger partial charge in [-0.05, 0) is 26.0 Å². The first-order valence-corrected chi connectivity index (χ1v) is 8.10. The van der Waals surface area contributed by atoms with Crippen molar-refractivity contribution in [2.45, 2.75) is 58.5 Å². The second kappa shape index (κ2) is 10.9. The maximum absolute atomic E-state index is 6.05. The van der Waals surface area contributed by atoms with Crippen LogP contribution in [0.5, 0.6) is 0 Å². The van der Waals surface area contributed by atoms with Gasteiger partial charge in [0.1, 0.15) is 0 Å². The summed E-state index contributed by atoms with van der Waals surface area (Å²) in [5.74, 6) is 0. The zero-order valence-electron chi connectivity index (χ0n) is 13.5. The summed E-state index contributed by atoms with van der Waals surface area (Å²) < 4.78 is 6.05. The van der Waals surface area contributed by atoms with Gasteiger partial charge in [-0.1, -0.05) is 68.9 Å². The summed E-state index contributed by atoms with van der Waals surface area (Å²) >= 11 is 0. The summed E-state index contributed by atoms with van der Waals surface area (Å²) in [4.78, 5) is 0. The third-order valence-corrected chi connectivity index (χ3v) is 3.66. The van der Waals surface area contributed by atoms with Crippen LogP contribution in [0.25, 0.3) is 0 Å². The average molecular weight is 277 g/mol. The van der Waals surface area contributed by atoms with Gasteiger partial charge in [-0.15, -0.1) is 0 Å². The van der Waals surface area contributed by atoms with Crippen molar-refractivity contribution in [2.75, 3.05) is 20.2 Å². The number of hydrogen-bond donors (Lipinski definition) is 1. The van der Waals surface area contributed by atoms with Crippen molar-refractivity contribution in [2.24, 2.45) is 0 Å². The summed E-state index contributed by atoms with van der Waals surface area (Å²) in [5.41, 5.74) is 2.57. The molecule has 1 N–H and O–H groups in total. The van der Waals surface area contributed by atoms with Gasteiger partial charge in [-0.2, -0.15) is 0 Å². The topological polar surface area (TPSA) is 21.3 Å². The smallest absolute Gasteiger partial charge is 0.0949 e. The highest BCUT2D eigenvalue weighted by atomic mass is 16.5. The molecule has 0 saturated carbocycles. The van der Waals surface area contributed by atoms with E-state index in [1.54, 1.807) is 0 Å². The van der Waals surface area contributed by atoms with E-state index in [0.717, 1.165) is 13.2 Å². The number of ether oxygens (including phenoxy) is 1. The van der Waals surface area contributed by atoms with Gasteiger partial charge < -0.3 is 10.1 Å². The van der Waals surface area contributed by atoms with E-state index < -0.39 is 0 Å². The van der Waals surface area contributed by atoms with E-state index in [0.29, 0.717) is 0 Å². The zero-order chi connectivity index (χ0) is 14.6. The van der Waals surface area contributed by atoms with E-state index in [2.05, 4.69) is 43.4 Å². The minimum absolute atomic E-state index is 0.177. The molecule has 1 aromatic rings. The number of aryl methyl sites for hydroxylation is 1. The molecule has 0 amide bonds. The standard InChI is InChI=1S/C18H31NO/c1-4-5-6-7-8-9-14-20-18(15-19-3)17-12-10-16(2)11-13-17/h10-13,18-19H,4-9,14-15H2,1-3H3. The molecule has 0 radical (unpaired) electrons. The van der Waals surface area contributed by atoms with Gasteiger partial charge in [0, 0.05) is 13.2 Å². The fraction of sp³-hybridized carbons (Fsp3) is 0.667. The lowest BCUT2D eigenvalue weighted by Crippen LogP contribution is -2.20. The van der Waals surface area contributed by atoms with Gasteiger partial charge in [-0.3, -0.25) is 0 Å². The van der Waals surface area contributed by atoms with E-state index in [1.165, 1.54) is 49.7 Å². The third kappa shape index (κ3) is 7.06. The Balaban J connectivity index is 2.27. The number of likely N-dealkylation sites (N-methyl/N-ethyl adjacent to an activating group) is 1. The summed E-state index contributed by atoms with van der Waals surface area (Å²) in [6.45, 7) is 6.12. The van der Waals surface area contributed by atoms with Crippen LogP contribution in [0.15, 0.2) is 24.3 Å². The molecule has 20 heavy (non-hydrogen) atoms. The zero-order valence-corrected chi connectivity index (χ0v) is 13.5. The summed E-state index contributed by atoms with van der Waals surface area (Å²) in [6, 6.07) is 8.68. The Morgan fingerprint density at radius 1 is 1.00 bits per heavy atom.